The predicted octanol–water partition coefficient (Wildman–Crippen LogP) is 4.41. The Morgan fingerprint density at radius 2 is 1.77 bits per heavy atom. The SMILES string of the molecule is COc1ccc(C2c3ccccc3C(=O)N2c2ccn3c(C)cnc3c2)cc1OC. The van der Waals surface area contributed by atoms with Gasteiger partial charge in [0, 0.05) is 29.7 Å². The summed E-state index contributed by atoms with van der Waals surface area (Å²) < 4.78 is 12.9. The molecule has 5 rings (SSSR count). The van der Waals surface area contributed by atoms with Crippen molar-refractivity contribution in [3.8, 4) is 11.5 Å². The summed E-state index contributed by atoms with van der Waals surface area (Å²) in [4.78, 5) is 19.7. The molecule has 2 aromatic carbocycles. The van der Waals surface area contributed by atoms with Crippen LogP contribution in [0.25, 0.3) is 5.65 Å². The van der Waals surface area contributed by atoms with E-state index in [1.807, 2.05) is 83.2 Å². The van der Waals surface area contributed by atoms with Crippen LogP contribution in [-0.4, -0.2) is 29.5 Å². The highest BCUT2D eigenvalue weighted by molar-refractivity contribution is 6.11. The van der Waals surface area contributed by atoms with E-state index in [-0.39, 0.29) is 11.9 Å². The number of benzene rings is 2. The third kappa shape index (κ3) is 2.64. The second-order valence-corrected chi connectivity index (χ2v) is 7.29. The van der Waals surface area contributed by atoms with Gasteiger partial charge in [-0.15, -0.1) is 0 Å². The molecular formula is C24H21N3O3. The maximum Gasteiger partial charge on any atom is 0.259 e. The number of imidazole rings is 1. The van der Waals surface area contributed by atoms with Gasteiger partial charge >= 0.3 is 0 Å². The van der Waals surface area contributed by atoms with Gasteiger partial charge in [-0.1, -0.05) is 24.3 Å². The van der Waals surface area contributed by atoms with Gasteiger partial charge in [0.05, 0.1) is 25.9 Å². The smallest absolute Gasteiger partial charge is 0.259 e. The molecule has 2 aromatic heterocycles. The van der Waals surface area contributed by atoms with Gasteiger partial charge in [-0.3, -0.25) is 9.69 Å². The first-order valence-corrected chi connectivity index (χ1v) is 9.70. The Kier molecular flexibility index (Phi) is 4.20. The Labute approximate surface area is 174 Å². The highest BCUT2D eigenvalue weighted by Crippen LogP contribution is 2.43. The van der Waals surface area contributed by atoms with Gasteiger partial charge in [-0.2, -0.15) is 0 Å². The van der Waals surface area contributed by atoms with Crippen LogP contribution >= 0.6 is 0 Å². The number of ether oxygens (including phenoxy) is 2. The van der Waals surface area contributed by atoms with Crippen LogP contribution in [0.3, 0.4) is 0 Å². The number of aryl methyl sites for hydroxylation is 1. The first kappa shape index (κ1) is 18.2. The number of aromatic nitrogens is 2. The third-order valence-corrected chi connectivity index (χ3v) is 5.65. The zero-order valence-electron chi connectivity index (χ0n) is 17.0. The molecule has 0 N–H and O–H groups in total. The lowest BCUT2D eigenvalue weighted by Gasteiger charge is -2.26. The second kappa shape index (κ2) is 6.91. The predicted molar refractivity (Wildman–Crippen MR) is 115 cm³/mol. The lowest BCUT2D eigenvalue weighted by molar-refractivity contribution is 0.0993. The van der Waals surface area contributed by atoms with Crippen LogP contribution in [0.2, 0.25) is 0 Å². The molecule has 0 saturated carbocycles. The summed E-state index contributed by atoms with van der Waals surface area (Å²) in [6.45, 7) is 2.00. The second-order valence-electron chi connectivity index (χ2n) is 7.29. The van der Waals surface area contributed by atoms with Gasteiger partial charge in [0.15, 0.2) is 11.5 Å². The normalized spacial score (nSPS) is 15.5. The quantitative estimate of drug-likeness (QED) is 0.510. The van der Waals surface area contributed by atoms with Crippen LogP contribution < -0.4 is 14.4 Å². The molecule has 0 saturated heterocycles. The van der Waals surface area contributed by atoms with Crippen LogP contribution in [0.4, 0.5) is 5.69 Å². The molecule has 0 fully saturated rings. The average Bonchev–Trinajstić information content (AvgIpc) is 3.30. The number of rotatable bonds is 4. The molecule has 0 spiro atoms. The summed E-state index contributed by atoms with van der Waals surface area (Å²) in [5, 5.41) is 0. The molecule has 4 aromatic rings. The van der Waals surface area contributed by atoms with Gasteiger partial charge in [0.2, 0.25) is 0 Å². The lowest BCUT2D eigenvalue weighted by Crippen LogP contribution is -2.28. The number of nitrogens with zero attached hydrogens (tertiary/aromatic N) is 3. The summed E-state index contributed by atoms with van der Waals surface area (Å²) in [7, 11) is 3.22. The Balaban J connectivity index is 1.69. The van der Waals surface area contributed by atoms with Crippen LogP contribution in [0, 0.1) is 6.92 Å². The molecule has 0 radical (unpaired) electrons. The van der Waals surface area contributed by atoms with Crippen LogP contribution in [-0.2, 0) is 0 Å². The van der Waals surface area contributed by atoms with Crippen molar-refractivity contribution in [2.45, 2.75) is 13.0 Å². The number of anilines is 1. The summed E-state index contributed by atoms with van der Waals surface area (Å²) in [6.07, 6.45) is 3.78. The molecule has 3 heterocycles. The standard InChI is InChI=1S/C24H21N3O3/c1-15-14-25-22-13-17(10-11-26(15)22)27-23(18-6-4-5-7-19(18)24(27)28)16-8-9-20(29-2)21(12-16)30-3/h4-14,23H,1-3H3. The Morgan fingerprint density at radius 1 is 0.967 bits per heavy atom. The molecule has 0 aliphatic carbocycles. The maximum absolute atomic E-state index is 13.4. The Bertz CT molecular complexity index is 1280. The summed E-state index contributed by atoms with van der Waals surface area (Å²) in [5.74, 6) is 1.25. The van der Waals surface area contributed by atoms with E-state index in [0.717, 1.165) is 28.2 Å². The number of amides is 1. The van der Waals surface area contributed by atoms with E-state index in [1.54, 1.807) is 14.2 Å². The number of pyridine rings is 1. The molecule has 1 aliphatic heterocycles. The van der Waals surface area contributed by atoms with E-state index >= 15 is 0 Å². The number of methoxy groups -OCH3 is 2. The average molecular weight is 399 g/mol. The van der Waals surface area contributed by atoms with E-state index in [0.29, 0.717) is 17.1 Å². The highest BCUT2D eigenvalue weighted by Gasteiger charge is 2.39. The van der Waals surface area contributed by atoms with Crippen LogP contribution in [0.5, 0.6) is 11.5 Å². The van der Waals surface area contributed by atoms with Crippen molar-refractivity contribution in [3.05, 3.63) is 89.4 Å². The minimum atomic E-state index is -0.271. The summed E-state index contributed by atoms with van der Waals surface area (Å²) in [6, 6.07) is 17.2. The van der Waals surface area contributed by atoms with Crippen LogP contribution in [0.15, 0.2) is 67.0 Å². The van der Waals surface area contributed by atoms with Crippen molar-refractivity contribution in [2.75, 3.05) is 19.1 Å². The minimum absolute atomic E-state index is 0.0296. The number of carbonyl (C=O) groups excluding carboxylic acids is 1. The number of hydrogen-bond acceptors (Lipinski definition) is 4. The van der Waals surface area contributed by atoms with E-state index < -0.39 is 0 Å². The maximum atomic E-state index is 13.4. The number of carbonyl (C=O) groups is 1. The molecular weight excluding hydrogens is 378 g/mol. The van der Waals surface area contributed by atoms with Gasteiger partial charge in [-0.25, -0.2) is 4.98 Å². The Morgan fingerprint density at radius 3 is 2.57 bits per heavy atom. The topological polar surface area (TPSA) is 56.1 Å². The first-order chi connectivity index (χ1) is 14.6. The largest absolute Gasteiger partial charge is 0.493 e. The zero-order valence-corrected chi connectivity index (χ0v) is 17.0. The van der Waals surface area contributed by atoms with E-state index in [9.17, 15) is 4.79 Å². The highest BCUT2D eigenvalue weighted by atomic mass is 16.5. The van der Waals surface area contributed by atoms with Crippen molar-refractivity contribution < 1.29 is 14.3 Å². The van der Waals surface area contributed by atoms with Crippen LogP contribution in [0.1, 0.15) is 33.2 Å². The fraction of sp³-hybridized carbons (Fsp3) is 0.167. The molecule has 6 nitrogen and oxygen atoms in total. The van der Waals surface area contributed by atoms with Gasteiger partial charge in [0.1, 0.15) is 5.65 Å². The molecule has 1 atom stereocenters. The third-order valence-electron chi connectivity index (χ3n) is 5.65. The van der Waals surface area contributed by atoms with Gasteiger partial charge in [-0.05, 0) is 42.3 Å². The molecule has 0 bridgehead atoms. The fourth-order valence-electron chi connectivity index (χ4n) is 4.18. The molecule has 30 heavy (non-hydrogen) atoms. The van der Waals surface area contributed by atoms with E-state index in [4.69, 9.17) is 9.47 Å². The van der Waals surface area contributed by atoms with E-state index in [2.05, 4.69) is 4.98 Å². The van der Waals surface area contributed by atoms with Crippen molar-refractivity contribution >= 4 is 17.2 Å². The molecule has 150 valence electrons. The Hall–Kier alpha value is -3.80. The molecule has 1 aliphatic rings. The van der Waals surface area contributed by atoms with Crippen molar-refractivity contribution in [1.29, 1.82) is 0 Å². The summed E-state index contributed by atoms with van der Waals surface area (Å²) >= 11 is 0. The molecule has 6 heteroatoms. The minimum Gasteiger partial charge on any atom is -0.493 e. The van der Waals surface area contributed by atoms with Crippen molar-refractivity contribution in [2.24, 2.45) is 0 Å². The monoisotopic (exact) mass is 399 g/mol. The van der Waals surface area contributed by atoms with Crippen molar-refractivity contribution in [3.63, 3.8) is 0 Å². The first-order valence-electron chi connectivity index (χ1n) is 9.70. The van der Waals surface area contributed by atoms with E-state index in [1.165, 1.54) is 0 Å². The molecule has 1 unspecified atom stereocenters. The number of hydrogen-bond donors (Lipinski definition) is 0. The van der Waals surface area contributed by atoms with Gasteiger partial charge < -0.3 is 13.9 Å². The summed E-state index contributed by atoms with van der Waals surface area (Å²) in [5.41, 5.74) is 5.27. The van der Waals surface area contributed by atoms with Crippen molar-refractivity contribution in [1.82, 2.24) is 9.38 Å². The fourth-order valence-corrected chi connectivity index (χ4v) is 4.18. The number of fused-ring (bicyclic) bond motifs is 2. The zero-order chi connectivity index (χ0) is 20.8. The lowest BCUT2D eigenvalue weighted by atomic mass is 9.97. The molecule has 1 amide bonds. The van der Waals surface area contributed by atoms with Gasteiger partial charge in [0.25, 0.3) is 5.91 Å².